The highest BCUT2D eigenvalue weighted by atomic mass is 16.5. The highest BCUT2D eigenvalue weighted by Crippen LogP contribution is 2.25. The van der Waals surface area contributed by atoms with Gasteiger partial charge in [-0.3, -0.25) is 9.89 Å². The minimum atomic E-state index is -0.672. The molecule has 0 aromatic carbocycles. The summed E-state index contributed by atoms with van der Waals surface area (Å²) in [5.74, 6) is 0.985. The summed E-state index contributed by atoms with van der Waals surface area (Å²) in [7, 11) is 0. The largest absolute Gasteiger partial charge is 0.344 e. The van der Waals surface area contributed by atoms with Gasteiger partial charge in [0.25, 0.3) is 0 Å². The van der Waals surface area contributed by atoms with E-state index in [2.05, 4.69) is 25.7 Å². The molecule has 1 amide bonds. The maximum absolute atomic E-state index is 12.3. The van der Waals surface area contributed by atoms with Gasteiger partial charge in [-0.2, -0.15) is 10.1 Å². The van der Waals surface area contributed by atoms with Gasteiger partial charge in [-0.1, -0.05) is 12.1 Å². The Morgan fingerprint density at radius 3 is 2.55 bits per heavy atom. The number of rotatable bonds is 5. The molecular weight excluding hydrogens is 282 g/mol. The molecule has 0 radical (unpaired) electrons. The van der Waals surface area contributed by atoms with E-state index in [9.17, 15) is 4.79 Å². The lowest BCUT2D eigenvalue weighted by Gasteiger charge is -2.23. The van der Waals surface area contributed by atoms with Gasteiger partial charge in [0.05, 0.1) is 11.2 Å². The van der Waals surface area contributed by atoms with Crippen LogP contribution in [0.4, 0.5) is 0 Å². The monoisotopic (exact) mass is 305 g/mol. The zero-order chi connectivity index (χ0) is 16.5. The SMILES string of the molecule is Cc1nc(C(C)(C)NC(=O)CC(C)c2c(C)n[nH]c2C)no1. The molecule has 2 rings (SSSR count). The molecule has 1 unspecified atom stereocenters. The number of aromatic nitrogens is 4. The Balaban J connectivity index is 2.04. The quantitative estimate of drug-likeness (QED) is 0.883. The average molecular weight is 305 g/mol. The van der Waals surface area contributed by atoms with Crippen molar-refractivity contribution in [2.45, 2.75) is 59.4 Å². The van der Waals surface area contributed by atoms with E-state index in [1.54, 1.807) is 6.92 Å². The van der Waals surface area contributed by atoms with Crippen molar-refractivity contribution in [2.75, 3.05) is 0 Å². The average Bonchev–Trinajstić information content (AvgIpc) is 2.95. The lowest BCUT2D eigenvalue weighted by Crippen LogP contribution is -2.42. The van der Waals surface area contributed by atoms with E-state index in [4.69, 9.17) is 4.52 Å². The Morgan fingerprint density at radius 2 is 2.05 bits per heavy atom. The molecule has 22 heavy (non-hydrogen) atoms. The minimum absolute atomic E-state index is 0.0556. The van der Waals surface area contributed by atoms with Gasteiger partial charge in [0.15, 0.2) is 5.82 Å². The second-order valence-electron chi connectivity index (χ2n) is 6.26. The van der Waals surface area contributed by atoms with Crippen LogP contribution in [0.25, 0.3) is 0 Å². The van der Waals surface area contributed by atoms with Gasteiger partial charge in [0.1, 0.15) is 0 Å². The van der Waals surface area contributed by atoms with E-state index in [0.717, 1.165) is 17.0 Å². The molecule has 0 aliphatic carbocycles. The van der Waals surface area contributed by atoms with Crippen molar-refractivity contribution >= 4 is 5.91 Å². The molecule has 0 saturated carbocycles. The molecule has 2 aromatic rings. The Labute approximate surface area is 129 Å². The van der Waals surface area contributed by atoms with E-state index < -0.39 is 5.54 Å². The minimum Gasteiger partial charge on any atom is -0.344 e. The Kier molecular flexibility index (Phi) is 4.35. The molecule has 0 aliphatic heterocycles. The lowest BCUT2D eigenvalue weighted by atomic mass is 9.95. The van der Waals surface area contributed by atoms with Crippen LogP contribution in [0.1, 0.15) is 61.8 Å². The van der Waals surface area contributed by atoms with Crippen molar-refractivity contribution < 1.29 is 9.32 Å². The van der Waals surface area contributed by atoms with Crippen LogP contribution in [-0.2, 0) is 10.3 Å². The van der Waals surface area contributed by atoms with Crippen LogP contribution in [0.5, 0.6) is 0 Å². The summed E-state index contributed by atoms with van der Waals surface area (Å²) in [5, 5.41) is 14.0. The molecule has 2 aromatic heterocycles. The molecule has 2 heterocycles. The Hall–Kier alpha value is -2.18. The van der Waals surface area contributed by atoms with E-state index in [1.807, 2.05) is 34.6 Å². The number of hydrogen-bond acceptors (Lipinski definition) is 5. The number of carbonyl (C=O) groups is 1. The van der Waals surface area contributed by atoms with Gasteiger partial charge < -0.3 is 9.84 Å². The van der Waals surface area contributed by atoms with Crippen LogP contribution < -0.4 is 5.32 Å². The fourth-order valence-electron chi connectivity index (χ4n) is 2.67. The summed E-state index contributed by atoms with van der Waals surface area (Å²) in [6.45, 7) is 11.4. The third-order valence-electron chi connectivity index (χ3n) is 3.71. The summed E-state index contributed by atoms with van der Waals surface area (Å²) in [6, 6.07) is 0. The van der Waals surface area contributed by atoms with Crippen molar-refractivity contribution in [1.29, 1.82) is 0 Å². The first kappa shape index (κ1) is 16.2. The maximum Gasteiger partial charge on any atom is 0.223 e. The summed E-state index contributed by atoms with van der Waals surface area (Å²) < 4.78 is 4.98. The van der Waals surface area contributed by atoms with Crippen LogP contribution in [0.15, 0.2) is 4.52 Å². The standard InChI is InChI=1S/C15H23N5O2/c1-8(13-9(2)18-19-10(13)3)7-12(21)17-15(5,6)14-16-11(4)22-20-14/h8H,7H2,1-6H3,(H,17,21)(H,18,19). The van der Waals surface area contributed by atoms with Crippen molar-refractivity contribution in [2.24, 2.45) is 0 Å². The van der Waals surface area contributed by atoms with Crippen molar-refractivity contribution in [1.82, 2.24) is 25.7 Å². The topological polar surface area (TPSA) is 96.7 Å². The molecule has 7 nitrogen and oxygen atoms in total. The molecule has 2 N–H and O–H groups in total. The van der Waals surface area contributed by atoms with Crippen LogP contribution in [0.2, 0.25) is 0 Å². The third-order valence-corrected chi connectivity index (χ3v) is 3.71. The molecule has 1 atom stereocenters. The number of H-pyrrole nitrogens is 1. The number of carbonyl (C=O) groups excluding carboxylic acids is 1. The second-order valence-corrected chi connectivity index (χ2v) is 6.26. The van der Waals surface area contributed by atoms with Crippen LogP contribution in [0, 0.1) is 20.8 Å². The predicted molar refractivity (Wildman–Crippen MR) is 81.3 cm³/mol. The summed E-state index contributed by atoms with van der Waals surface area (Å²) >= 11 is 0. The van der Waals surface area contributed by atoms with Crippen LogP contribution in [0.3, 0.4) is 0 Å². The number of amides is 1. The lowest BCUT2D eigenvalue weighted by molar-refractivity contribution is -0.123. The number of hydrogen-bond donors (Lipinski definition) is 2. The highest BCUT2D eigenvalue weighted by molar-refractivity contribution is 5.77. The number of nitrogens with one attached hydrogen (secondary N) is 2. The fraction of sp³-hybridized carbons (Fsp3) is 0.600. The first-order valence-electron chi connectivity index (χ1n) is 7.34. The first-order chi connectivity index (χ1) is 10.2. The fourth-order valence-corrected chi connectivity index (χ4v) is 2.67. The number of aryl methyl sites for hydroxylation is 3. The van der Waals surface area contributed by atoms with E-state index in [0.29, 0.717) is 18.1 Å². The van der Waals surface area contributed by atoms with Crippen molar-refractivity contribution in [3.05, 3.63) is 28.7 Å². The highest BCUT2D eigenvalue weighted by Gasteiger charge is 2.29. The predicted octanol–water partition coefficient (Wildman–Crippen LogP) is 2.26. The third kappa shape index (κ3) is 3.35. The van der Waals surface area contributed by atoms with Gasteiger partial charge in [0.2, 0.25) is 11.8 Å². The molecular formula is C15H23N5O2. The van der Waals surface area contributed by atoms with Gasteiger partial charge in [-0.05, 0) is 39.2 Å². The van der Waals surface area contributed by atoms with Gasteiger partial charge in [-0.25, -0.2) is 0 Å². The van der Waals surface area contributed by atoms with E-state index >= 15 is 0 Å². The van der Waals surface area contributed by atoms with Gasteiger partial charge in [0, 0.05) is 19.0 Å². The smallest absolute Gasteiger partial charge is 0.223 e. The van der Waals surface area contributed by atoms with E-state index in [-0.39, 0.29) is 11.8 Å². The molecule has 7 heteroatoms. The van der Waals surface area contributed by atoms with Crippen molar-refractivity contribution in [3.8, 4) is 0 Å². The normalized spacial score (nSPS) is 13.2. The van der Waals surface area contributed by atoms with Gasteiger partial charge >= 0.3 is 0 Å². The maximum atomic E-state index is 12.3. The molecule has 0 spiro atoms. The van der Waals surface area contributed by atoms with Crippen LogP contribution in [-0.4, -0.2) is 26.2 Å². The number of nitrogens with zero attached hydrogens (tertiary/aromatic N) is 3. The molecule has 0 bridgehead atoms. The van der Waals surface area contributed by atoms with Gasteiger partial charge in [-0.15, -0.1) is 0 Å². The zero-order valence-electron chi connectivity index (χ0n) is 13.9. The second kappa shape index (κ2) is 5.90. The van der Waals surface area contributed by atoms with Crippen molar-refractivity contribution in [3.63, 3.8) is 0 Å². The molecule has 0 aliphatic rings. The molecule has 120 valence electrons. The summed E-state index contributed by atoms with van der Waals surface area (Å²) in [4.78, 5) is 16.5. The summed E-state index contributed by atoms with van der Waals surface area (Å²) in [6.07, 6.45) is 0.376. The van der Waals surface area contributed by atoms with E-state index in [1.165, 1.54) is 0 Å². The summed E-state index contributed by atoms with van der Waals surface area (Å²) in [5.41, 5.74) is 2.37. The first-order valence-corrected chi connectivity index (χ1v) is 7.34. The molecule has 0 fully saturated rings. The molecule has 0 saturated heterocycles. The Morgan fingerprint density at radius 1 is 1.36 bits per heavy atom. The van der Waals surface area contributed by atoms with Crippen LogP contribution >= 0.6 is 0 Å². The number of aromatic amines is 1. The Bertz CT molecular complexity index is 652. The zero-order valence-corrected chi connectivity index (χ0v) is 13.9.